The zero-order valence-corrected chi connectivity index (χ0v) is 18.9. The lowest BCUT2D eigenvalue weighted by Crippen LogP contribution is -2.52. The quantitative estimate of drug-likeness (QED) is 0.415. The highest BCUT2D eigenvalue weighted by Gasteiger charge is 2.44. The van der Waals surface area contributed by atoms with Crippen molar-refractivity contribution >= 4 is 17.7 Å². The SMILES string of the molecule is O=C(Cn1cccc(NC(=O)OCc2ccccc2)c1=O)NC(Cc1ccccc1)C(O)C(F)(F)F. The van der Waals surface area contributed by atoms with Gasteiger partial charge in [0.05, 0.1) is 6.04 Å². The molecule has 3 N–H and O–H groups in total. The van der Waals surface area contributed by atoms with E-state index in [1.54, 1.807) is 60.7 Å². The predicted octanol–water partition coefficient (Wildman–Crippen LogP) is 3.25. The summed E-state index contributed by atoms with van der Waals surface area (Å²) in [6.07, 6.45) is -7.71. The smallest absolute Gasteiger partial charge is 0.416 e. The normalized spacial score (nSPS) is 12.9. The van der Waals surface area contributed by atoms with Crippen LogP contribution in [0.5, 0.6) is 0 Å². The Morgan fingerprint density at radius 2 is 1.56 bits per heavy atom. The number of anilines is 1. The monoisotopic (exact) mass is 503 g/mol. The number of hydrogen-bond donors (Lipinski definition) is 3. The Kier molecular flexibility index (Phi) is 8.85. The van der Waals surface area contributed by atoms with Gasteiger partial charge in [-0.3, -0.25) is 14.9 Å². The maximum atomic E-state index is 13.2. The summed E-state index contributed by atoms with van der Waals surface area (Å²) in [5.74, 6) is -0.926. The van der Waals surface area contributed by atoms with Crippen molar-refractivity contribution in [1.29, 1.82) is 0 Å². The molecule has 2 aromatic carbocycles. The molecule has 0 spiro atoms. The van der Waals surface area contributed by atoms with Crippen LogP contribution >= 0.6 is 0 Å². The molecule has 3 rings (SSSR count). The Labute approximate surface area is 204 Å². The number of halogens is 3. The summed E-state index contributed by atoms with van der Waals surface area (Å²) in [5, 5.41) is 14.2. The van der Waals surface area contributed by atoms with Gasteiger partial charge in [-0.1, -0.05) is 60.7 Å². The van der Waals surface area contributed by atoms with Gasteiger partial charge in [-0.05, 0) is 29.7 Å². The summed E-state index contributed by atoms with van der Waals surface area (Å²) in [6, 6.07) is 17.9. The standard InChI is InChI=1S/C25H24F3N3O5/c26-25(27,28)22(33)20(14-17-8-3-1-4-9-17)29-21(32)15-31-13-7-12-19(23(31)34)30-24(35)36-16-18-10-5-2-6-11-18/h1-13,20,22,33H,14-16H2,(H,29,32)(H,30,35). The Morgan fingerprint density at radius 3 is 2.17 bits per heavy atom. The average Bonchev–Trinajstić information content (AvgIpc) is 2.85. The maximum Gasteiger partial charge on any atom is 0.416 e. The van der Waals surface area contributed by atoms with Gasteiger partial charge in [0.2, 0.25) is 5.91 Å². The molecule has 1 aromatic heterocycles. The summed E-state index contributed by atoms with van der Waals surface area (Å²) in [6.45, 7) is -0.663. The van der Waals surface area contributed by atoms with Crippen molar-refractivity contribution in [2.75, 3.05) is 5.32 Å². The Bertz CT molecular complexity index is 1220. The second-order valence-electron chi connectivity index (χ2n) is 7.89. The van der Waals surface area contributed by atoms with E-state index < -0.39 is 42.4 Å². The topological polar surface area (TPSA) is 110 Å². The van der Waals surface area contributed by atoms with Crippen LogP contribution in [-0.2, 0) is 29.1 Å². The second-order valence-corrected chi connectivity index (χ2v) is 7.89. The number of carbonyl (C=O) groups is 2. The van der Waals surface area contributed by atoms with Crippen molar-refractivity contribution in [1.82, 2.24) is 9.88 Å². The van der Waals surface area contributed by atoms with Gasteiger partial charge in [0, 0.05) is 6.20 Å². The highest BCUT2D eigenvalue weighted by Crippen LogP contribution is 2.24. The van der Waals surface area contributed by atoms with Crippen molar-refractivity contribution in [2.24, 2.45) is 0 Å². The highest BCUT2D eigenvalue weighted by molar-refractivity contribution is 5.84. The first-order valence-electron chi connectivity index (χ1n) is 10.9. The van der Waals surface area contributed by atoms with Gasteiger partial charge in [0.15, 0.2) is 6.10 Å². The van der Waals surface area contributed by atoms with E-state index in [1.165, 1.54) is 18.3 Å². The summed E-state index contributed by atoms with van der Waals surface area (Å²) < 4.78 is 45.5. The number of aliphatic hydroxyl groups excluding tert-OH is 1. The van der Waals surface area contributed by atoms with Crippen LogP contribution in [0.2, 0.25) is 0 Å². The summed E-state index contributed by atoms with van der Waals surface area (Å²) >= 11 is 0. The van der Waals surface area contributed by atoms with Crippen molar-refractivity contribution in [3.8, 4) is 0 Å². The summed E-state index contributed by atoms with van der Waals surface area (Å²) in [5.41, 5.74) is 0.268. The Morgan fingerprint density at radius 1 is 0.944 bits per heavy atom. The first-order chi connectivity index (χ1) is 17.1. The van der Waals surface area contributed by atoms with Crippen molar-refractivity contribution < 1.29 is 32.6 Å². The first kappa shape index (κ1) is 26.5. The van der Waals surface area contributed by atoms with Gasteiger partial charge >= 0.3 is 12.3 Å². The van der Waals surface area contributed by atoms with E-state index in [-0.39, 0.29) is 18.7 Å². The van der Waals surface area contributed by atoms with E-state index in [2.05, 4.69) is 10.6 Å². The number of nitrogens with zero attached hydrogens (tertiary/aromatic N) is 1. The lowest BCUT2D eigenvalue weighted by atomic mass is 10.0. The average molecular weight is 503 g/mol. The van der Waals surface area contributed by atoms with Crippen molar-refractivity contribution in [3.05, 3.63) is 100 Å². The molecule has 0 aliphatic heterocycles. The Hall–Kier alpha value is -4.12. The molecular formula is C25H24F3N3O5. The van der Waals surface area contributed by atoms with Gasteiger partial charge in [-0.2, -0.15) is 13.2 Å². The molecule has 2 atom stereocenters. The summed E-state index contributed by atoms with van der Waals surface area (Å²) in [4.78, 5) is 37.3. The van der Waals surface area contributed by atoms with Gasteiger partial charge in [0.1, 0.15) is 18.8 Å². The number of hydrogen-bond acceptors (Lipinski definition) is 5. The third-order valence-electron chi connectivity index (χ3n) is 5.14. The highest BCUT2D eigenvalue weighted by atomic mass is 19.4. The molecule has 11 heteroatoms. The number of rotatable bonds is 9. The second kappa shape index (κ2) is 12.0. The lowest BCUT2D eigenvalue weighted by molar-refractivity contribution is -0.212. The number of aliphatic hydroxyl groups is 1. The fourth-order valence-corrected chi connectivity index (χ4v) is 3.37. The fraction of sp³-hybridized carbons (Fsp3) is 0.240. The van der Waals surface area contributed by atoms with Crippen molar-refractivity contribution in [2.45, 2.75) is 37.9 Å². The van der Waals surface area contributed by atoms with Crippen LogP contribution in [0, 0.1) is 0 Å². The largest absolute Gasteiger partial charge is 0.444 e. The van der Waals surface area contributed by atoms with Gasteiger partial charge in [-0.15, -0.1) is 0 Å². The zero-order valence-electron chi connectivity index (χ0n) is 18.9. The molecule has 0 saturated carbocycles. The molecule has 190 valence electrons. The van der Waals surface area contributed by atoms with Crippen LogP contribution in [0.15, 0.2) is 83.8 Å². The molecule has 2 unspecified atom stereocenters. The number of ether oxygens (including phenoxy) is 1. The molecule has 36 heavy (non-hydrogen) atoms. The fourth-order valence-electron chi connectivity index (χ4n) is 3.37. The molecule has 1 heterocycles. The molecule has 2 amide bonds. The number of nitrogens with one attached hydrogen (secondary N) is 2. The number of aromatic nitrogens is 1. The maximum absolute atomic E-state index is 13.2. The van der Waals surface area contributed by atoms with Crippen LogP contribution in [0.4, 0.5) is 23.7 Å². The minimum atomic E-state index is -4.96. The van der Waals surface area contributed by atoms with E-state index in [0.29, 0.717) is 5.56 Å². The molecule has 0 aliphatic carbocycles. The van der Waals surface area contributed by atoms with Gasteiger partial charge < -0.3 is 19.7 Å². The molecule has 0 fully saturated rings. The number of alkyl halides is 3. The van der Waals surface area contributed by atoms with Gasteiger partial charge in [-0.25, -0.2) is 4.79 Å². The van der Waals surface area contributed by atoms with Gasteiger partial charge in [0.25, 0.3) is 5.56 Å². The molecule has 0 radical (unpaired) electrons. The molecular weight excluding hydrogens is 479 g/mol. The number of amides is 2. The zero-order chi connectivity index (χ0) is 26.1. The third kappa shape index (κ3) is 7.70. The van der Waals surface area contributed by atoms with E-state index in [4.69, 9.17) is 4.74 Å². The first-order valence-corrected chi connectivity index (χ1v) is 10.9. The molecule has 3 aromatic rings. The number of carbonyl (C=O) groups excluding carboxylic acids is 2. The van der Waals surface area contributed by atoms with Crippen LogP contribution in [0.3, 0.4) is 0 Å². The van der Waals surface area contributed by atoms with E-state index in [1.807, 2.05) is 0 Å². The lowest BCUT2D eigenvalue weighted by Gasteiger charge is -2.26. The summed E-state index contributed by atoms with van der Waals surface area (Å²) in [7, 11) is 0. The molecule has 0 saturated heterocycles. The van der Waals surface area contributed by atoms with Crippen LogP contribution in [0.25, 0.3) is 0 Å². The van der Waals surface area contributed by atoms with E-state index in [0.717, 1.165) is 10.1 Å². The Balaban J connectivity index is 1.65. The minimum Gasteiger partial charge on any atom is -0.444 e. The number of benzene rings is 2. The molecule has 8 nitrogen and oxygen atoms in total. The molecule has 0 bridgehead atoms. The van der Waals surface area contributed by atoms with E-state index >= 15 is 0 Å². The number of pyridine rings is 1. The van der Waals surface area contributed by atoms with Crippen LogP contribution < -0.4 is 16.2 Å². The minimum absolute atomic E-state index is 0.0273. The van der Waals surface area contributed by atoms with Crippen LogP contribution in [-0.4, -0.2) is 40.0 Å². The molecule has 0 aliphatic rings. The van der Waals surface area contributed by atoms with E-state index in [9.17, 15) is 32.7 Å². The van der Waals surface area contributed by atoms with Crippen molar-refractivity contribution in [3.63, 3.8) is 0 Å². The van der Waals surface area contributed by atoms with Crippen LogP contribution in [0.1, 0.15) is 11.1 Å². The predicted molar refractivity (Wildman–Crippen MR) is 125 cm³/mol. The third-order valence-corrected chi connectivity index (χ3v) is 5.14.